The Hall–Kier alpha value is -2.45. The van der Waals surface area contributed by atoms with Crippen molar-refractivity contribution in [2.75, 3.05) is 39.1 Å². The molecule has 0 saturated carbocycles. The summed E-state index contributed by atoms with van der Waals surface area (Å²) in [5, 5.41) is 3.57. The van der Waals surface area contributed by atoms with Crippen LogP contribution in [-0.2, 0) is 27.3 Å². The molecule has 0 unspecified atom stereocenters. The second-order valence-corrected chi connectivity index (χ2v) is 12.5. The third kappa shape index (κ3) is 13.7. The van der Waals surface area contributed by atoms with E-state index in [1.165, 1.54) is 49.9 Å². The van der Waals surface area contributed by atoms with Crippen molar-refractivity contribution < 1.29 is 19.1 Å². The Balaban J connectivity index is 1.75. The minimum atomic E-state index is -0.395. The van der Waals surface area contributed by atoms with Crippen molar-refractivity contribution in [2.45, 2.75) is 117 Å². The average molecular weight is 602 g/mol. The Kier molecular flexibility index (Phi) is 18.1. The predicted molar refractivity (Wildman–Crippen MR) is 175 cm³/mol. The van der Waals surface area contributed by atoms with Gasteiger partial charge in [-0.25, -0.2) is 4.79 Å². The number of nitrogens with zero attached hydrogens (tertiary/aromatic N) is 2. The Labute approximate surface area is 258 Å². The van der Waals surface area contributed by atoms with E-state index in [4.69, 9.17) is 4.74 Å². The zero-order valence-electron chi connectivity index (χ0n) is 26.7. The number of amides is 2. The van der Waals surface area contributed by atoms with Gasteiger partial charge in [0.15, 0.2) is 0 Å². The highest BCUT2D eigenvalue weighted by molar-refractivity contribution is 7.17. The standard InChI is InChI=1S/C34H55N3O4S/c1-5-7-8-9-10-11-12-13-14-15-16-17-18-19-20-22-30(38)35-33-32(34(40)41-6-2)28-24-26-37(27-29(28)42-33)31(39)23-21-25-36(3)4/h10-11,13-14H,5-9,12,15-27H2,1-4H3,(H,35,38)/b11-10-,14-13-. The van der Waals surface area contributed by atoms with Crippen LogP contribution in [0.4, 0.5) is 5.00 Å². The molecule has 2 amide bonds. The minimum Gasteiger partial charge on any atom is -0.462 e. The summed E-state index contributed by atoms with van der Waals surface area (Å²) < 4.78 is 5.34. The average Bonchev–Trinajstić information content (AvgIpc) is 3.31. The molecular weight excluding hydrogens is 546 g/mol. The summed E-state index contributed by atoms with van der Waals surface area (Å²) in [7, 11) is 4.01. The van der Waals surface area contributed by atoms with Crippen molar-refractivity contribution in [1.29, 1.82) is 0 Å². The summed E-state index contributed by atoms with van der Waals surface area (Å²) in [6, 6.07) is 0. The maximum Gasteiger partial charge on any atom is 0.341 e. The van der Waals surface area contributed by atoms with Gasteiger partial charge in [-0.3, -0.25) is 9.59 Å². The summed E-state index contributed by atoms with van der Waals surface area (Å²) in [5.41, 5.74) is 1.40. The fraction of sp³-hybridized carbons (Fsp3) is 0.676. The van der Waals surface area contributed by atoms with Crippen molar-refractivity contribution in [3.63, 3.8) is 0 Å². The molecule has 0 saturated heterocycles. The Morgan fingerprint density at radius 2 is 1.60 bits per heavy atom. The van der Waals surface area contributed by atoms with Gasteiger partial charge in [0.05, 0.1) is 18.7 Å². The zero-order chi connectivity index (χ0) is 30.6. The minimum absolute atomic E-state index is 0.0681. The lowest BCUT2D eigenvalue weighted by atomic mass is 10.0. The largest absolute Gasteiger partial charge is 0.462 e. The van der Waals surface area contributed by atoms with Gasteiger partial charge < -0.3 is 19.9 Å². The van der Waals surface area contributed by atoms with Crippen LogP contribution in [0.2, 0.25) is 0 Å². The van der Waals surface area contributed by atoms with Crippen LogP contribution in [0.5, 0.6) is 0 Å². The molecule has 0 radical (unpaired) electrons. The highest BCUT2D eigenvalue weighted by atomic mass is 32.1. The third-order valence-corrected chi connectivity index (χ3v) is 8.62. The van der Waals surface area contributed by atoms with Gasteiger partial charge in [-0.15, -0.1) is 11.3 Å². The maximum absolute atomic E-state index is 12.8. The number of fused-ring (bicyclic) bond motifs is 1. The predicted octanol–water partition coefficient (Wildman–Crippen LogP) is 7.90. The SMILES string of the molecule is CCCCC/C=C\C/C=C\CCCCCCCC(=O)Nc1sc2c(c1C(=O)OCC)CCN(C(=O)CCCN(C)C)C2. The normalized spacial score (nSPS) is 13.3. The van der Waals surface area contributed by atoms with E-state index in [-0.39, 0.29) is 18.4 Å². The van der Waals surface area contributed by atoms with Gasteiger partial charge in [-0.1, -0.05) is 63.3 Å². The molecule has 236 valence electrons. The molecule has 1 aliphatic heterocycles. The van der Waals surface area contributed by atoms with Gasteiger partial charge in [0.2, 0.25) is 11.8 Å². The quantitative estimate of drug-likeness (QED) is 0.0880. The van der Waals surface area contributed by atoms with Crippen molar-refractivity contribution >= 4 is 34.1 Å². The van der Waals surface area contributed by atoms with Gasteiger partial charge >= 0.3 is 5.97 Å². The lowest BCUT2D eigenvalue weighted by molar-refractivity contribution is -0.132. The van der Waals surface area contributed by atoms with E-state index in [9.17, 15) is 14.4 Å². The lowest BCUT2D eigenvalue weighted by Crippen LogP contribution is -2.36. The number of carbonyl (C=O) groups excluding carboxylic acids is 3. The zero-order valence-corrected chi connectivity index (χ0v) is 27.5. The first kappa shape index (κ1) is 35.7. The topological polar surface area (TPSA) is 79.0 Å². The number of allylic oxidation sites excluding steroid dienone is 4. The lowest BCUT2D eigenvalue weighted by Gasteiger charge is -2.27. The number of rotatable bonds is 21. The van der Waals surface area contributed by atoms with Gasteiger partial charge in [0, 0.05) is 24.3 Å². The van der Waals surface area contributed by atoms with Gasteiger partial charge in [0.1, 0.15) is 5.00 Å². The van der Waals surface area contributed by atoms with E-state index in [1.54, 1.807) is 6.92 Å². The molecule has 7 nitrogen and oxygen atoms in total. The molecule has 0 aromatic carbocycles. The number of anilines is 1. The van der Waals surface area contributed by atoms with Crippen molar-refractivity contribution in [2.24, 2.45) is 0 Å². The smallest absolute Gasteiger partial charge is 0.341 e. The molecule has 2 heterocycles. The molecule has 42 heavy (non-hydrogen) atoms. The van der Waals surface area contributed by atoms with Crippen molar-refractivity contribution in [1.82, 2.24) is 9.80 Å². The number of hydrogen-bond acceptors (Lipinski definition) is 6. The Morgan fingerprint density at radius 3 is 2.29 bits per heavy atom. The molecule has 0 fully saturated rings. The number of unbranched alkanes of at least 4 members (excludes halogenated alkanes) is 8. The monoisotopic (exact) mass is 601 g/mol. The Morgan fingerprint density at radius 1 is 0.905 bits per heavy atom. The molecule has 0 aliphatic carbocycles. The van der Waals surface area contributed by atoms with E-state index in [0.717, 1.165) is 55.5 Å². The summed E-state index contributed by atoms with van der Waals surface area (Å²) >= 11 is 1.41. The molecule has 0 spiro atoms. The van der Waals surface area contributed by atoms with Crippen molar-refractivity contribution in [3.05, 3.63) is 40.3 Å². The molecular formula is C34H55N3O4S. The van der Waals surface area contributed by atoms with Crippen LogP contribution < -0.4 is 5.32 Å². The van der Waals surface area contributed by atoms with E-state index in [1.807, 2.05) is 19.0 Å². The second-order valence-electron chi connectivity index (χ2n) is 11.4. The van der Waals surface area contributed by atoms with Crippen LogP contribution in [-0.4, -0.2) is 61.4 Å². The van der Waals surface area contributed by atoms with Crippen molar-refractivity contribution in [3.8, 4) is 0 Å². The van der Waals surface area contributed by atoms with E-state index < -0.39 is 5.97 Å². The fourth-order valence-corrected chi connectivity index (χ4v) is 6.38. The van der Waals surface area contributed by atoms with Gasteiger partial charge in [0.25, 0.3) is 0 Å². The van der Waals surface area contributed by atoms with Crippen LogP contribution >= 0.6 is 11.3 Å². The number of thiophene rings is 1. The molecule has 8 heteroatoms. The summed E-state index contributed by atoms with van der Waals surface area (Å²) in [6.45, 7) is 6.23. The van der Waals surface area contributed by atoms with E-state index in [0.29, 0.717) is 42.9 Å². The first-order valence-corrected chi connectivity index (χ1v) is 17.0. The van der Waals surface area contributed by atoms with E-state index >= 15 is 0 Å². The van der Waals surface area contributed by atoms with Crippen LogP contribution in [0.25, 0.3) is 0 Å². The number of esters is 1. The van der Waals surface area contributed by atoms with E-state index in [2.05, 4.69) is 41.4 Å². The second kappa shape index (κ2) is 21.3. The first-order valence-electron chi connectivity index (χ1n) is 16.2. The van der Waals surface area contributed by atoms with Crippen LogP contribution in [0.15, 0.2) is 24.3 Å². The highest BCUT2D eigenvalue weighted by Gasteiger charge is 2.30. The molecule has 1 aliphatic rings. The van der Waals surface area contributed by atoms with Crippen LogP contribution in [0, 0.1) is 0 Å². The van der Waals surface area contributed by atoms with Crippen LogP contribution in [0.1, 0.15) is 125 Å². The number of hydrogen-bond donors (Lipinski definition) is 1. The molecule has 0 bridgehead atoms. The highest BCUT2D eigenvalue weighted by Crippen LogP contribution is 2.38. The van der Waals surface area contributed by atoms with Crippen LogP contribution in [0.3, 0.4) is 0 Å². The van der Waals surface area contributed by atoms with Gasteiger partial charge in [-0.05, 0) is 84.5 Å². The number of nitrogens with one attached hydrogen (secondary N) is 1. The maximum atomic E-state index is 12.8. The fourth-order valence-electron chi connectivity index (χ4n) is 5.11. The molecule has 1 N–H and O–H groups in total. The summed E-state index contributed by atoms with van der Waals surface area (Å²) in [4.78, 5) is 43.3. The molecule has 0 atom stereocenters. The Bertz CT molecular complexity index is 1010. The molecule has 1 aromatic heterocycles. The summed E-state index contributed by atoms with van der Waals surface area (Å²) in [6.07, 6.45) is 24.0. The molecule has 1 aromatic rings. The number of carbonyl (C=O) groups is 3. The summed E-state index contributed by atoms with van der Waals surface area (Å²) in [5.74, 6) is -0.324. The van der Waals surface area contributed by atoms with Gasteiger partial charge in [-0.2, -0.15) is 0 Å². The number of ether oxygens (including phenoxy) is 1. The first-order chi connectivity index (χ1) is 20.4. The third-order valence-electron chi connectivity index (χ3n) is 7.49. The molecule has 2 rings (SSSR count).